The molecule has 3 heterocycles. The van der Waals surface area contributed by atoms with Crippen molar-refractivity contribution in [3.05, 3.63) is 22.7 Å². The van der Waals surface area contributed by atoms with Gasteiger partial charge in [0.1, 0.15) is 0 Å². The quantitative estimate of drug-likeness (QED) is 0.759. The summed E-state index contributed by atoms with van der Waals surface area (Å²) in [6.45, 7) is 8.59. The Balaban J connectivity index is 1.38. The molecule has 0 bridgehead atoms. The van der Waals surface area contributed by atoms with Gasteiger partial charge in [-0.2, -0.15) is 11.3 Å². The van der Waals surface area contributed by atoms with Crippen LogP contribution < -0.4 is 5.32 Å². The third-order valence-corrected chi connectivity index (χ3v) is 4.86. The number of morpholine rings is 1. The van der Waals surface area contributed by atoms with Crippen LogP contribution in [0.1, 0.15) is 26.2 Å². The highest BCUT2D eigenvalue weighted by molar-refractivity contribution is 7.08. The first-order valence-corrected chi connectivity index (χ1v) is 10.00. The number of thiophene rings is 1. The molecular weight excluding hydrogens is 352 g/mol. The predicted molar refractivity (Wildman–Crippen MR) is 100.0 cm³/mol. The molecular formula is C18H26N4O3S. The van der Waals surface area contributed by atoms with E-state index in [2.05, 4.69) is 34.3 Å². The number of aryl methyl sites for hydroxylation is 1. The van der Waals surface area contributed by atoms with E-state index in [1.54, 1.807) is 11.3 Å². The van der Waals surface area contributed by atoms with Crippen LogP contribution in [-0.2, 0) is 16.0 Å². The molecule has 0 radical (unpaired) electrons. The largest absolute Gasteiger partial charge is 0.421 e. The normalized spacial score (nSPS) is 18.3. The smallest absolute Gasteiger partial charge is 0.248 e. The Morgan fingerprint density at radius 1 is 1.46 bits per heavy atom. The predicted octanol–water partition coefficient (Wildman–Crippen LogP) is 2.20. The first-order valence-electron chi connectivity index (χ1n) is 9.05. The van der Waals surface area contributed by atoms with E-state index < -0.39 is 0 Å². The number of rotatable bonds is 8. The van der Waals surface area contributed by atoms with Crippen molar-refractivity contribution >= 4 is 17.2 Å². The summed E-state index contributed by atoms with van der Waals surface area (Å²) in [7, 11) is 0. The van der Waals surface area contributed by atoms with Crippen LogP contribution in [0.2, 0.25) is 0 Å². The molecule has 1 N–H and O–H groups in total. The second-order valence-electron chi connectivity index (χ2n) is 6.96. The van der Waals surface area contributed by atoms with Crippen molar-refractivity contribution < 1.29 is 13.9 Å². The van der Waals surface area contributed by atoms with Crippen molar-refractivity contribution in [2.45, 2.75) is 32.8 Å². The SMILES string of the molecule is CC(C)CN1CCOC(CNC(=O)CCc2nnc(-c3ccsc3)o2)C1. The molecule has 2 aromatic heterocycles. The summed E-state index contributed by atoms with van der Waals surface area (Å²) in [5.41, 5.74) is 0.915. The lowest BCUT2D eigenvalue weighted by molar-refractivity contribution is -0.122. The molecule has 1 unspecified atom stereocenters. The molecule has 0 aliphatic carbocycles. The number of carbonyl (C=O) groups is 1. The fourth-order valence-corrected chi connectivity index (χ4v) is 3.61. The average Bonchev–Trinajstić information content (AvgIpc) is 3.29. The summed E-state index contributed by atoms with van der Waals surface area (Å²) in [6.07, 6.45) is 0.821. The van der Waals surface area contributed by atoms with Gasteiger partial charge in [-0.3, -0.25) is 9.69 Å². The Hall–Kier alpha value is -1.77. The first-order chi connectivity index (χ1) is 12.6. The van der Waals surface area contributed by atoms with Crippen LogP contribution >= 0.6 is 11.3 Å². The number of carbonyl (C=O) groups excluding carboxylic acids is 1. The van der Waals surface area contributed by atoms with Crippen molar-refractivity contribution in [1.29, 1.82) is 0 Å². The molecule has 1 saturated heterocycles. The highest BCUT2D eigenvalue weighted by atomic mass is 32.1. The summed E-state index contributed by atoms with van der Waals surface area (Å²) >= 11 is 1.58. The van der Waals surface area contributed by atoms with Gasteiger partial charge in [0.25, 0.3) is 0 Å². The summed E-state index contributed by atoms with van der Waals surface area (Å²) in [5, 5.41) is 14.9. The van der Waals surface area contributed by atoms with Gasteiger partial charge in [0.15, 0.2) is 0 Å². The molecule has 3 rings (SSSR count). The third-order valence-electron chi connectivity index (χ3n) is 4.17. The zero-order chi connectivity index (χ0) is 18.4. The molecule has 1 fully saturated rings. The lowest BCUT2D eigenvalue weighted by Gasteiger charge is -2.33. The molecule has 1 atom stereocenters. The second kappa shape index (κ2) is 9.25. The van der Waals surface area contributed by atoms with Crippen molar-refractivity contribution in [3.63, 3.8) is 0 Å². The minimum Gasteiger partial charge on any atom is -0.421 e. The van der Waals surface area contributed by atoms with Crippen molar-refractivity contribution in [1.82, 2.24) is 20.4 Å². The van der Waals surface area contributed by atoms with Gasteiger partial charge >= 0.3 is 0 Å². The summed E-state index contributed by atoms with van der Waals surface area (Å²) < 4.78 is 11.3. The van der Waals surface area contributed by atoms with E-state index in [0.29, 0.717) is 37.1 Å². The van der Waals surface area contributed by atoms with Gasteiger partial charge < -0.3 is 14.5 Å². The third kappa shape index (κ3) is 5.62. The molecule has 1 amide bonds. The Morgan fingerprint density at radius 3 is 3.12 bits per heavy atom. The van der Waals surface area contributed by atoms with Crippen LogP contribution in [0.5, 0.6) is 0 Å². The number of aromatic nitrogens is 2. The molecule has 0 spiro atoms. The molecule has 0 aromatic carbocycles. The molecule has 7 nitrogen and oxygen atoms in total. The number of nitrogens with one attached hydrogen (secondary N) is 1. The standard InChI is InChI=1S/C18H26N4O3S/c1-13(2)10-22-6-7-24-15(11-22)9-19-16(23)3-4-17-20-21-18(25-17)14-5-8-26-12-14/h5,8,12-13,15H,3-4,6-7,9-11H2,1-2H3,(H,19,23). The minimum absolute atomic E-state index is 0.0233. The Labute approximate surface area is 157 Å². The molecule has 142 valence electrons. The lowest BCUT2D eigenvalue weighted by Crippen LogP contribution is -2.48. The van der Waals surface area contributed by atoms with Crippen LogP contribution in [-0.4, -0.2) is 59.9 Å². The number of nitrogens with zero attached hydrogens (tertiary/aromatic N) is 3. The summed E-state index contributed by atoms with van der Waals surface area (Å²) in [6, 6.07) is 1.93. The zero-order valence-electron chi connectivity index (χ0n) is 15.3. The van der Waals surface area contributed by atoms with E-state index in [1.807, 2.05) is 16.8 Å². The molecule has 1 aliphatic heterocycles. The fourth-order valence-electron chi connectivity index (χ4n) is 2.98. The lowest BCUT2D eigenvalue weighted by atomic mass is 10.2. The van der Waals surface area contributed by atoms with Gasteiger partial charge in [-0.15, -0.1) is 10.2 Å². The Kier molecular flexibility index (Phi) is 6.76. The van der Waals surface area contributed by atoms with Gasteiger partial charge in [0.2, 0.25) is 17.7 Å². The minimum atomic E-state index is -0.0233. The van der Waals surface area contributed by atoms with Gasteiger partial charge in [0, 0.05) is 50.0 Å². The highest BCUT2D eigenvalue weighted by Crippen LogP contribution is 2.20. The van der Waals surface area contributed by atoms with E-state index >= 15 is 0 Å². The van der Waals surface area contributed by atoms with E-state index in [-0.39, 0.29) is 12.0 Å². The summed E-state index contributed by atoms with van der Waals surface area (Å²) in [4.78, 5) is 14.5. The van der Waals surface area contributed by atoms with Crippen molar-refractivity contribution in [2.75, 3.05) is 32.8 Å². The van der Waals surface area contributed by atoms with E-state index in [9.17, 15) is 4.79 Å². The molecule has 2 aromatic rings. The maximum Gasteiger partial charge on any atom is 0.248 e. The van der Waals surface area contributed by atoms with E-state index in [4.69, 9.17) is 9.15 Å². The second-order valence-corrected chi connectivity index (χ2v) is 7.74. The number of amides is 1. The topological polar surface area (TPSA) is 80.5 Å². The molecule has 8 heteroatoms. The van der Waals surface area contributed by atoms with Gasteiger partial charge in [-0.1, -0.05) is 13.8 Å². The molecule has 26 heavy (non-hydrogen) atoms. The van der Waals surface area contributed by atoms with Crippen LogP contribution in [0.15, 0.2) is 21.2 Å². The van der Waals surface area contributed by atoms with Gasteiger partial charge in [-0.05, 0) is 17.4 Å². The monoisotopic (exact) mass is 378 g/mol. The maximum absolute atomic E-state index is 12.1. The van der Waals surface area contributed by atoms with Crippen molar-refractivity contribution in [3.8, 4) is 11.5 Å². The van der Waals surface area contributed by atoms with Gasteiger partial charge in [-0.25, -0.2) is 0 Å². The Morgan fingerprint density at radius 2 is 2.35 bits per heavy atom. The maximum atomic E-state index is 12.1. The first kappa shape index (κ1) is 19.0. The van der Waals surface area contributed by atoms with Crippen LogP contribution in [0.3, 0.4) is 0 Å². The van der Waals surface area contributed by atoms with Gasteiger partial charge in [0.05, 0.1) is 12.7 Å². The molecule has 0 saturated carbocycles. The highest BCUT2D eigenvalue weighted by Gasteiger charge is 2.21. The molecule has 1 aliphatic rings. The summed E-state index contributed by atoms with van der Waals surface area (Å²) in [5.74, 6) is 1.60. The zero-order valence-corrected chi connectivity index (χ0v) is 16.1. The van der Waals surface area contributed by atoms with Crippen LogP contribution in [0, 0.1) is 5.92 Å². The fraction of sp³-hybridized carbons (Fsp3) is 0.611. The van der Waals surface area contributed by atoms with Crippen LogP contribution in [0.25, 0.3) is 11.5 Å². The Bertz CT molecular complexity index is 686. The van der Waals surface area contributed by atoms with Crippen LogP contribution in [0.4, 0.5) is 0 Å². The average molecular weight is 378 g/mol. The number of ether oxygens (including phenoxy) is 1. The van der Waals surface area contributed by atoms with Crippen molar-refractivity contribution in [2.24, 2.45) is 5.92 Å². The van der Waals surface area contributed by atoms with E-state index in [0.717, 1.165) is 31.8 Å². The number of hydrogen-bond acceptors (Lipinski definition) is 7. The number of hydrogen-bond donors (Lipinski definition) is 1. The van der Waals surface area contributed by atoms with E-state index in [1.165, 1.54) is 0 Å².